The van der Waals surface area contributed by atoms with E-state index in [0.717, 1.165) is 17.7 Å². The predicted octanol–water partition coefficient (Wildman–Crippen LogP) is 2.99. The highest BCUT2D eigenvalue weighted by Crippen LogP contribution is 2.20. The maximum absolute atomic E-state index is 12.2. The fourth-order valence-electron chi connectivity index (χ4n) is 1.71. The van der Waals surface area contributed by atoms with Gasteiger partial charge in [0.2, 0.25) is 10.0 Å². The molecule has 0 aliphatic heterocycles. The van der Waals surface area contributed by atoms with Crippen LogP contribution in [-0.4, -0.2) is 15.0 Å². The third-order valence-corrected chi connectivity index (χ3v) is 5.99. The minimum absolute atomic E-state index is 0.250. The Morgan fingerprint density at radius 2 is 1.86 bits per heavy atom. The van der Waals surface area contributed by atoms with Gasteiger partial charge in [-0.1, -0.05) is 30.7 Å². The van der Waals surface area contributed by atoms with Crippen LogP contribution >= 0.6 is 22.9 Å². The Balaban J connectivity index is 2.00. The van der Waals surface area contributed by atoms with Crippen LogP contribution in [0.25, 0.3) is 0 Å². The van der Waals surface area contributed by atoms with E-state index in [2.05, 4.69) is 10.0 Å². The van der Waals surface area contributed by atoms with Crippen molar-refractivity contribution in [3.05, 3.63) is 51.9 Å². The van der Waals surface area contributed by atoms with E-state index < -0.39 is 10.0 Å². The van der Waals surface area contributed by atoms with Gasteiger partial charge in [0.15, 0.2) is 0 Å². The molecule has 7 heteroatoms. The minimum Gasteiger partial charge on any atom is -0.313 e. The van der Waals surface area contributed by atoms with E-state index in [1.807, 2.05) is 12.3 Å². The Morgan fingerprint density at radius 1 is 1.14 bits per heavy atom. The second-order valence-corrected chi connectivity index (χ2v) is 7.85. The maximum atomic E-state index is 12.2. The zero-order valence-electron chi connectivity index (χ0n) is 11.6. The summed E-state index contributed by atoms with van der Waals surface area (Å²) in [6, 6.07) is 8.79. The summed E-state index contributed by atoms with van der Waals surface area (Å²) in [5.74, 6) is 0. The lowest BCUT2D eigenvalue weighted by Gasteiger charge is -2.05. The fourth-order valence-corrected chi connectivity index (χ4v) is 4.11. The number of benzene rings is 1. The molecule has 21 heavy (non-hydrogen) atoms. The minimum atomic E-state index is -3.47. The van der Waals surface area contributed by atoms with Gasteiger partial charge in [-0.05, 0) is 41.3 Å². The number of hydrogen-bond donors (Lipinski definition) is 2. The number of hydrogen-bond acceptors (Lipinski definition) is 4. The van der Waals surface area contributed by atoms with Gasteiger partial charge in [-0.15, -0.1) is 11.3 Å². The smallest absolute Gasteiger partial charge is 0.250 e. The summed E-state index contributed by atoms with van der Waals surface area (Å²) in [5, 5.41) is 5.66. The summed E-state index contributed by atoms with van der Waals surface area (Å²) in [6.07, 6.45) is 0. The van der Waals surface area contributed by atoms with Gasteiger partial charge in [-0.3, -0.25) is 0 Å². The van der Waals surface area contributed by atoms with E-state index in [4.69, 9.17) is 11.6 Å². The highest BCUT2D eigenvalue weighted by atomic mass is 35.5. The van der Waals surface area contributed by atoms with Gasteiger partial charge in [0.1, 0.15) is 4.21 Å². The van der Waals surface area contributed by atoms with E-state index in [0.29, 0.717) is 15.8 Å². The standard InChI is InChI=1S/C14H17ClN2O2S2/c1-2-16-8-12-7-14(20-10-12)21(18,19)17-9-11-3-5-13(15)6-4-11/h3-7,10,16-17H,2,8-9H2,1H3. The molecule has 1 heterocycles. The summed E-state index contributed by atoms with van der Waals surface area (Å²) >= 11 is 7.03. The first-order valence-corrected chi connectivity index (χ1v) is 9.27. The molecule has 2 rings (SSSR count). The highest BCUT2D eigenvalue weighted by molar-refractivity contribution is 7.91. The van der Waals surface area contributed by atoms with Gasteiger partial charge in [0.05, 0.1) is 0 Å². The van der Waals surface area contributed by atoms with Gasteiger partial charge in [-0.25, -0.2) is 13.1 Å². The van der Waals surface area contributed by atoms with Gasteiger partial charge < -0.3 is 5.32 Å². The summed E-state index contributed by atoms with van der Waals surface area (Å²) in [7, 11) is -3.47. The first-order valence-electron chi connectivity index (χ1n) is 6.53. The lowest BCUT2D eigenvalue weighted by Crippen LogP contribution is -2.22. The van der Waals surface area contributed by atoms with Crippen LogP contribution in [0.1, 0.15) is 18.1 Å². The molecule has 2 aromatic rings. The maximum Gasteiger partial charge on any atom is 0.250 e. The molecule has 0 aliphatic carbocycles. The molecular formula is C14H17ClN2O2S2. The normalized spacial score (nSPS) is 11.7. The van der Waals surface area contributed by atoms with E-state index in [-0.39, 0.29) is 6.54 Å². The number of nitrogens with one attached hydrogen (secondary N) is 2. The summed E-state index contributed by atoms with van der Waals surface area (Å²) in [6.45, 7) is 3.80. The Labute approximate surface area is 134 Å². The molecular weight excluding hydrogens is 328 g/mol. The molecule has 2 N–H and O–H groups in total. The first-order chi connectivity index (χ1) is 10.0. The Morgan fingerprint density at radius 3 is 2.52 bits per heavy atom. The van der Waals surface area contributed by atoms with Crippen LogP contribution in [0.2, 0.25) is 5.02 Å². The van der Waals surface area contributed by atoms with Gasteiger partial charge in [-0.2, -0.15) is 0 Å². The molecule has 0 atom stereocenters. The monoisotopic (exact) mass is 344 g/mol. The molecule has 0 amide bonds. The van der Waals surface area contributed by atoms with E-state index in [1.54, 1.807) is 30.3 Å². The van der Waals surface area contributed by atoms with E-state index in [1.165, 1.54) is 11.3 Å². The van der Waals surface area contributed by atoms with Gasteiger partial charge >= 0.3 is 0 Å². The molecule has 4 nitrogen and oxygen atoms in total. The molecule has 0 saturated heterocycles. The Bertz CT molecular complexity index is 681. The number of rotatable bonds is 7. The predicted molar refractivity (Wildman–Crippen MR) is 87.2 cm³/mol. The van der Waals surface area contributed by atoms with Gasteiger partial charge in [0, 0.05) is 18.1 Å². The number of sulfonamides is 1. The summed E-state index contributed by atoms with van der Waals surface area (Å²) in [5.41, 5.74) is 1.85. The average Bonchev–Trinajstić information content (AvgIpc) is 2.94. The van der Waals surface area contributed by atoms with E-state index in [9.17, 15) is 8.42 Å². The van der Waals surface area contributed by atoms with Crippen molar-refractivity contribution < 1.29 is 8.42 Å². The second kappa shape index (κ2) is 7.38. The molecule has 0 radical (unpaired) electrons. The largest absolute Gasteiger partial charge is 0.313 e. The third kappa shape index (κ3) is 4.79. The van der Waals surface area contributed by atoms with Crippen molar-refractivity contribution >= 4 is 33.0 Å². The molecule has 0 unspecified atom stereocenters. The van der Waals surface area contributed by atoms with Crippen molar-refractivity contribution in [3.8, 4) is 0 Å². The van der Waals surface area contributed by atoms with Crippen molar-refractivity contribution in [1.29, 1.82) is 0 Å². The highest BCUT2D eigenvalue weighted by Gasteiger charge is 2.16. The van der Waals surface area contributed by atoms with Crippen LogP contribution in [0.4, 0.5) is 0 Å². The number of thiophene rings is 1. The third-order valence-electron chi connectivity index (χ3n) is 2.85. The Hall–Kier alpha value is -0.920. The van der Waals surface area contributed by atoms with Crippen LogP contribution in [0.15, 0.2) is 39.9 Å². The lowest BCUT2D eigenvalue weighted by molar-refractivity contribution is 0.583. The fraction of sp³-hybridized carbons (Fsp3) is 0.286. The second-order valence-electron chi connectivity index (χ2n) is 4.51. The van der Waals surface area contributed by atoms with Crippen molar-refractivity contribution in [2.24, 2.45) is 0 Å². The topological polar surface area (TPSA) is 58.2 Å². The SMILES string of the molecule is CCNCc1csc(S(=O)(=O)NCc2ccc(Cl)cc2)c1. The van der Waals surface area contributed by atoms with Crippen LogP contribution < -0.4 is 10.0 Å². The Kier molecular flexibility index (Phi) is 5.78. The average molecular weight is 345 g/mol. The molecule has 0 saturated carbocycles. The van der Waals surface area contributed by atoms with Crippen LogP contribution in [0, 0.1) is 0 Å². The molecule has 114 valence electrons. The summed E-state index contributed by atoms with van der Waals surface area (Å²) in [4.78, 5) is 0. The van der Waals surface area contributed by atoms with Crippen LogP contribution in [-0.2, 0) is 23.1 Å². The van der Waals surface area contributed by atoms with E-state index >= 15 is 0 Å². The lowest BCUT2D eigenvalue weighted by atomic mass is 10.2. The van der Waals surface area contributed by atoms with Crippen molar-refractivity contribution in [2.75, 3.05) is 6.54 Å². The van der Waals surface area contributed by atoms with Crippen molar-refractivity contribution in [1.82, 2.24) is 10.0 Å². The van der Waals surface area contributed by atoms with Crippen molar-refractivity contribution in [3.63, 3.8) is 0 Å². The zero-order chi connectivity index (χ0) is 15.3. The zero-order valence-corrected chi connectivity index (χ0v) is 14.0. The molecule has 0 aliphatic rings. The summed E-state index contributed by atoms with van der Waals surface area (Å²) < 4.78 is 27.4. The van der Waals surface area contributed by atoms with Crippen LogP contribution in [0.5, 0.6) is 0 Å². The quantitative estimate of drug-likeness (QED) is 0.811. The number of halogens is 1. The molecule has 1 aromatic heterocycles. The molecule has 0 fully saturated rings. The van der Waals surface area contributed by atoms with Gasteiger partial charge in [0.25, 0.3) is 0 Å². The molecule has 0 spiro atoms. The molecule has 0 bridgehead atoms. The van der Waals surface area contributed by atoms with Crippen LogP contribution in [0.3, 0.4) is 0 Å². The molecule has 1 aromatic carbocycles. The van der Waals surface area contributed by atoms with Crippen molar-refractivity contribution in [2.45, 2.75) is 24.2 Å². The first kappa shape index (κ1) is 16.5.